The number of nitrogens with zero attached hydrogens (tertiary/aromatic N) is 2. The van der Waals surface area contributed by atoms with Crippen LogP contribution in [-0.4, -0.2) is 22.9 Å². The molecule has 0 saturated carbocycles. The number of nitrogens with one attached hydrogen (secondary N) is 1. The maximum atomic E-state index is 13.7. The van der Waals surface area contributed by atoms with Gasteiger partial charge in [0.25, 0.3) is 5.91 Å². The van der Waals surface area contributed by atoms with Crippen molar-refractivity contribution in [2.75, 3.05) is 6.54 Å². The lowest BCUT2D eigenvalue weighted by molar-refractivity contribution is -0.130. The van der Waals surface area contributed by atoms with Gasteiger partial charge in [0.15, 0.2) is 4.80 Å². The molecule has 24 heavy (non-hydrogen) atoms. The number of aromatic nitrogens is 1. The van der Waals surface area contributed by atoms with Gasteiger partial charge in [0.05, 0.1) is 13.1 Å². The quantitative estimate of drug-likeness (QED) is 0.921. The third kappa shape index (κ3) is 4.86. The molecule has 7 heteroatoms. The van der Waals surface area contributed by atoms with Gasteiger partial charge < -0.3 is 9.88 Å². The van der Waals surface area contributed by atoms with Gasteiger partial charge in [-0.2, -0.15) is 4.99 Å². The zero-order chi connectivity index (χ0) is 17.7. The summed E-state index contributed by atoms with van der Waals surface area (Å²) in [6.45, 7) is 5.44. The predicted octanol–water partition coefficient (Wildman–Crippen LogP) is 2.33. The summed E-state index contributed by atoms with van der Waals surface area (Å²) < 4.78 is 15.4. The van der Waals surface area contributed by atoms with Crippen LogP contribution in [0.4, 0.5) is 4.39 Å². The minimum atomic E-state index is -0.562. The Hall–Kier alpha value is -2.28. The fraction of sp³-hybridized carbons (Fsp3) is 0.353. The number of hydrogen-bond acceptors (Lipinski definition) is 3. The molecule has 2 aromatic rings. The van der Waals surface area contributed by atoms with Crippen LogP contribution in [0.15, 0.2) is 40.8 Å². The summed E-state index contributed by atoms with van der Waals surface area (Å²) in [7, 11) is 0. The SMILES string of the molecule is CC(C)(C)C(=O)NCC(=O)N=c1sccn1Cc1ccccc1F. The summed E-state index contributed by atoms with van der Waals surface area (Å²) in [6, 6.07) is 6.47. The van der Waals surface area contributed by atoms with E-state index in [9.17, 15) is 14.0 Å². The molecule has 0 aliphatic rings. The molecule has 0 aliphatic carbocycles. The molecule has 0 fully saturated rings. The molecule has 128 valence electrons. The Bertz CT molecular complexity index is 802. The fourth-order valence-corrected chi connectivity index (χ4v) is 2.63. The highest BCUT2D eigenvalue weighted by atomic mass is 32.1. The highest BCUT2D eigenvalue weighted by Gasteiger charge is 2.21. The van der Waals surface area contributed by atoms with Gasteiger partial charge in [0.1, 0.15) is 5.82 Å². The van der Waals surface area contributed by atoms with E-state index < -0.39 is 11.3 Å². The Kier molecular flexibility index (Phi) is 5.66. The molecule has 1 heterocycles. The lowest BCUT2D eigenvalue weighted by Gasteiger charge is -2.16. The Morgan fingerprint density at radius 1 is 1.29 bits per heavy atom. The van der Waals surface area contributed by atoms with Crippen molar-refractivity contribution in [3.05, 3.63) is 52.0 Å². The first-order valence-electron chi connectivity index (χ1n) is 7.50. The number of amides is 2. The van der Waals surface area contributed by atoms with Crippen molar-refractivity contribution in [2.45, 2.75) is 27.3 Å². The first-order valence-corrected chi connectivity index (χ1v) is 8.38. The van der Waals surface area contributed by atoms with Crippen LogP contribution in [0.2, 0.25) is 0 Å². The highest BCUT2D eigenvalue weighted by molar-refractivity contribution is 7.07. The Labute approximate surface area is 143 Å². The van der Waals surface area contributed by atoms with Crippen LogP contribution < -0.4 is 10.1 Å². The third-order valence-corrected chi connectivity index (χ3v) is 4.05. The van der Waals surface area contributed by atoms with Gasteiger partial charge in [-0.05, 0) is 6.07 Å². The summed E-state index contributed by atoms with van der Waals surface area (Å²) >= 11 is 1.28. The molecular formula is C17H20FN3O2S. The van der Waals surface area contributed by atoms with E-state index in [4.69, 9.17) is 0 Å². The Morgan fingerprint density at radius 2 is 2.00 bits per heavy atom. The number of carbonyl (C=O) groups excluding carboxylic acids is 2. The van der Waals surface area contributed by atoms with Crippen LogP contribution in [-0.2, 0) is 16.1 Å². The molecular weight excluding hydrogens is 329 g/mol. The van der Waals surface area contributed by atoms with Crippen LogP contribution in [0.1, 0.15) is 26.3 Å². The summed E-state index contributed by atoms with van der Waals surface area (Å²) in [4.78, 5) is 28.2. The van der Waals surface area contributed by atoms with Gasteiger partial charge >= 0.3 is 0 Å². The predicted molar refractivity (Wildman–Crippen MR) is 90.8 cm³/mol. The first kappa shape index (κ1) is 18.1. The zero-order valence-corrected chi connectivity index (χ0v) is 14.7. The smallest absolute Gasteiger partial charge is 0.267 e. The van der Waals surface area contributed by atoms with Gasteiger partial charge in [0, 0.05) is 22.6 Å². The van der Waals surface area contributed by atoms with E-state index in [1.54, 1.807) is 55.1 Å². The zero-order valence-electron chi connectivity index (χ0n) is 13.9. The average Bonchev–Trinajstić information content (AvgIpc) is 2.93. The van der Waals surface area contributed by atoms with E-state index in [0.717, 1.165) is 0 Å². The number of hydrogen-bond donors (Lipinski definition) is 1. The second kappa shape index (κ2) is 7.53. The molecule has 1 N–H and O–H groups in total. The third-order valence-electron chi connectivity index (χ3n) is 3.26. The van der Waals surface area contributed by atoms with Gasteiger partial charge in [-0.25, -0.2) is 4.39 Å². The first-order chi connectivity index (χ1) is 11.3. The minimum absolute atomic E-state index is 0.159. The molecule has 0 spiro atoms. The number of rotatable bonds is 4. The van der Waals surface area contributed by atoms with Crippen molar-refractivity contribution < 1.29 is 14.0 Å². The van der Waals surface area contributed by atoms with Crippen molar-refractivity contribution in [1.82, 2.24) is 9.88 Å². The van der Waals surface area contributed by atoms with Crippen LogP contribution in [0.5, 0.6) is 0 Å². The van der Waals surface area contributed by atoms with E-state index in [1.165, 1.54) is 17.4 Å². The molecule has 0 unspecified atom stereocenters. The normalized spacial score (nSPS) is 12.2. The van der Waals surface area contributed by atoms with Crippen LogP contribution in [0.25, 0.3) is 0 Å². The monoisotopic (exact) mass is 349 g/mol. The second-order valence-corrected chi connectivity index (χ2v) is 7.22. The van der Waals surface area contributed by atoms with Gasteiger partial charge in [-0.1, -0.05) is 39.0 Å². The fourth-order valence-electron chi connectivity index (χ4n) is 1.88. The maximum Gasteiger partial charge on any atom is 0.267 e. The number of halogens is 1. The summed E-state index contributed by atoms with van der Waals surface area (Å²) in [5.74, 6) is -0.959. The molecule has 0 bridgehead atoms. The van der Waals surface area contributed by atoms with Gasteiger partial charge in [-0.15, -0.1) is 11.3 Å². The second-order valence-electron chi connectivity index (χ2n) is 6.34. The highest BCUT2D eigenvalue weighted by Crippen LogP contribution is 2.12. The number of benzene rings is 1. The lowest BCUT2D eigenvalue weighted by atomic mass is 9.96. The molecule has 5 nitrogen and oxygen atoms in total. The van der Waals surface area contributed by atoms with Crippen molar-refractivity contribution >= 4 is 23.2 Å². The van der Waals surface area contributed by atoms with Crippen molar-refractivity contribution in [2.24, 2.45) is 10.4 Å². The standard InChI is InChI=1S/C17H20FN3O2S/c1-17(2,3)15(23)19-10-14(22)20-16-21(8-9-24-16)11-12-6-4-5-7-13(12)18/h4-9H,10-11H2,1-3H3,(H,19,23). The van der Waals surface area contributed by atoms with Crippen molar-refractivity contribution in [3.8, 4) is 0 Å². The van der Waals surface area contributed by atoms with Gasteiger partial charge in [-0.3, -0.25) is 9.59 Å². The summed E-state index contributed by atoms with van der Waals surface area (Å²) in [5.41, 5.74) is -0.0423. The number of thiazole rings is 1. The molecule has 0 radical (unpaired) electrons. The molecule has 1 aromatic heterocycles. The molecule has 0 atom stereocenters. The van der Waals surface area contributed by atoms with E-state index in [2.05, 4.69) is 10.3 Å². The Balaban J connectivity index is 2.09. The summed E-state index contributed by atoms with van der Waals surface area (Å²) in [6.07, 6.45) is 1.75. The van der Waals surface area contributed by atoms with Crippen LogP contribution >= 0.6 is 11.3 Å². The molecule has 0 aliphatic heterocycles. The van der Waals surface area contributed by atoms with Crippen LogP contribution in [0, 0.1) is 11.2 Å². The van der Waals surface area contributed by atoms with Crippen molar-refractivity contribution in [3.63, 3.8) is 0 Å². The number of carbonyl (C=O) groups is 2. The molecule has 1 aromatic carbocycles. The van der Waals surface area contributed by atoms with E-state index in [1.807, 2.05) is 0 Å². The maximum absolute atomic E-state index is 13.7. The van der Waals surface area contributed by atoms with Crippen LogP contribution in [0.3, 0.4) is 0 Å². The average molecular weight is 349 g/mol. The minimum Gasteiger partial charge on any atom is -0.346 e. The molecule has 0 saturated heterocycles. The van der Waals surface area contributed by atoms with Crippen molar-refractivity contribution in [1.29, 1.82) is 0 Å². The summed E-state index contributed by atoms with van der Waals surface area (Å²) in [5, 5.41) is 4.34. The Morgan fingerprint density at radius 3 is 2.67 bits per heavy atom. The largest absolute Gasteiger partial charge is 0.346 e. The molecule has 2 amide bonds. The van der Waals surface area contributed by atoms with Gasteiger partial charge in [0.2, 0.25) is 5.91 Å². The topological polar surface area (TPSA) is 63.5 Å². The lowest BCUT2D eigenvalue weighted by Crippen LogP contribution is -2.38. The van der Waals surface area contributed by atoms with E-state index >= 15 is 0 Å². The van der Waals surface area contributed by atoms with E-state index in [-0.39, 0.29) is 24.8 Å². The van der Waals surface area contributed by atoms with E-state index in [0.29, 0.717) is 10.4 Å². The molecule has 2 rings (SSSR count).